The van der Waals surface area contributed by atoms with E-state index in [1.165, 1.54) is 0 Å². The zero-order valence-corrected chi connectivity index (χ0v) is 10.3. The summed E-state index contributed by atoms with van der Waals surface area (Å²) in [6, 6.07) is 5.44. The molecular weight excluding hydrogens is 289 g/mol. The third kappa shape index (κ3) is 2.99. The van der Waals surface area contributed by atoms with Gasteiger partial charge in [0, 0.05) is 11.8 Å². The van der Waals surface area contributed by atoms with Crippen molar-refractivity contribution in [3.63, 3.8) is 0 Å². The quantitative estimate of drug-likeness (QED) is 0.698. The van der Waals surface area contributed by atoms with Gasteiger partial charge < -0.3 is 5.32 Å². The molecule has 0 aromatic heterocycles. The average molecular weight is 296 g/mol. The average Bonchev–Trinajstić information content (AvgIpc) is 2.40. The number of nitrogens with one attached hydrogen (secondary N) is 1. The Kier molecular flexibility index (Phi) is 3.88. The molecule has 2 aromatic carbocycles. The van der Waals surface area contributed by atoms with Gasteiger partial charge in [0.1, 0.15) is 17.2 Å². The number of nitrogens with zero attached hydrogens (tertiary/aromatic N) is 1. The van der Waals surface area contributed by atoms with Crippen LogP contribution in [0.2, 0.25) is 0 Å². The van der Waals surface area contributed by atoms with Gasteiger partial charge in [0.25, 0.3) is 5.91 Å². The van der Waals surface area contributed by atoms with E-state index in [1.807, 2.05) is 0 Å². The van der Waals surface area contributed by atoms with E-state index in [0.717, 1.165) is 36.4 Å². The number of carbonyl (C=O) groups excluding carboxylic acids is 1. The molecule has 0 saturated heterocycles. The lowest BCUT2D eigenvalue weighted by Crippen LogP contribution is -2.16. The zero-order chi connectivity index (χ0) is 15.6. The zero-order valence-electron chi connectivity index (χ0n) is 10.3. The molecular formula is C13H7F3N2O3. The first kappa shape index (κ1) is 14.5. The minimum Gasteiger partial charge on any atom is -0.322 e. The van der Waals surface area contributed by atoms with Crippen LogP contribution in [0.1, 0.15) is 10.4 Å². The smallest absolute Gasteiger partial charge is 0.306 e. The first-order chi connectivity index (χ1) is 9.90. The molecule has 21 heavy (non-hydrogen) atoms. The van der Waals surface area contributed by atoms with Gasteiger partial charge in [0.15, 0.2) is 0 Å². The molecule has 0 aliphatic heterocycles. The number of nitro groups is 1. The molecule has 0 aliphatic rings. The second-order valence-electron chi connectivity index (χ2n) is 3.97. The van der Waals surface area contributed by atoms with Crippen molar-refractivity contribution in [2.24, 2.45) is 0 Å². The predicted molar refractivity (Wildman–Crippen MR) is 67.4 cm³/mol. The maximum Gasteiger partial charge on any atom is 0.306 e. The van der Waals surface area contributed by atoms with Crippen molar-refractivity contribution in [2.75, 3.05) is 5.32 Å². The van der Waals surface area contributed by atoms with Crippen LogP contribution < -0.4 is 5.32 Å². The number of hydrogen-bond acceptors (Lipinski definition) is 3. The number of nitro benzene ring substituents is 1. The molecule has 5 nitrogen and oxygen atoms in total. The van der Waals surface area contributed by atoms with Gasteiger partial charge in [0.05, 0.1) is 4.92 Å². The minimum absolute atomic E-state index is 0.157. The standard InChI is InChI=1S/C13H7F3N2O3/c14-8-5-4-7(6-11(8)18(20)21)17-13(19)12-9(15)2-1-3-10(12)16/h1-6H,(H,17,19). The largest absolute Gasteiger partial charge is 0.322 e. The molecule has 1 amide bonds. The lowest BCUT2D eigenvalue weighted by molar-refractivity contribution is -0.387. The van der Waals surface area contributed by atoms with E-state index in [4.69, 9.17) is 0 Å². The molecule has 0 saturated carbocycles. The number of anilines is 1. The first-order valence-electron chi connectivity index (χ1n) is 5.59. The molecule has 2 rings (SSSR count). The van der Waals surface area contributed by atoms with Gasteiger partial charge in [-0.2, -0.15) is 4.39 Å². The maximum atomic E-state index is 13.4. The van der Waals surface area contributed by atoms with Gasteiger partial charge in [-0.1, -0.05) is 6.07 Å². The van der Waals surface area contributed by atoms with E-state index < -0.39 is 39.5 Å². The summed E-state index contributed by atoms with van der Waals surface area (Å²) in [5.74, 6) is -4.38. The maximum absolute atomic E-state index is 13.4. The fourth-order valence-electron chi connectivity index (χ4n) is 1.64. The summed E-state index contributed by atoms with van der Waals surface area (Å²) in [4.78, 5) is 21.4. The number of amides is 1. The first-order valence-corrected chi connectivity index (χ1v) is 5.59. The summed E-state index contributed by atoms with van der Waals surface area (Å²) in [5.41, 5.74) is -1.85. The van der Waals surface area contributed by atoms with Gasteiger partial charge in [-0.3, -0.25) is 14.9 Å². The third-order valence-electron chi connectivity index (χ3n) is 2.59. The number of hydrogen-bond donors (Lipinski definition) is 1. The van der Waals surface area contributed by atoms with Gasteiger partial charge >= 0.3 is 5.69 Å². The van der Waals surface area contributed by atoms with Crippen LogP contribution in [0.5, 0.6) is 0 Å². The number of benzene rings is 2. The van der Waals surface area contributed by atoms with E-state index in [1.54, 1.807) is 0 Å². The molecule has 1 N–H and O–H groups in total. The molecule has 0 radical (unpaired) electrons. The number of rotatable bonds is 3. The van der Waals surface area contributed by atoms with Crippen LogP contribution in [0.15, 0.2) is 36.4 Å². The van der Waals surface area contributed by atoms with Crippen molar-refractivity contribution >= 4 is 17.3 Å². The van der Waals surface area contributed by atoms with Crippen LogP contribution in [-0.2, 0) is 0 Å². The van der Waals surface area contributed by atoms with Crippen LogP contribution in [0.4, 0.5) is 24.5 Å². The monoisotopic (exact) mass is 296 g/mol. The van der Waals surface area contributed by atoms with Crippen molar-refractivity contribution in [3.05, 3.63) is 69.5 Å². The van der Waals surface area contributed by atoms with E-state index in [-0.39, 0.29) is 5.69 Å². The molecule has 0 heterocycles. The Hall–Kier alpha value is -2.90. The molecule has 2 aromatic rings. The molecule has 0 fully saturated rings. The lowest BCUT2D eigenvalue weighted by Gasteiger charge is -2.07. The highest BCUT2D eigenvalue weighted by atomic mass is 19.1. The summed E-state index contributed by atoms with van der Waals surface area (Å²) in [7, 11) is 0. The van der Waals surface area contributed by atoms with Crippen LogP contribution in [0, 0.1) is 27.6 Å². The fourth-order valence-corrected chi connectivity index (χ4v) is 1.64. The van der Waals surface area contributed by atoms with E-state index >= 15 is 0 Å². The molecule has 0 atom stereocenters. The molecule has 0 unspecified atom stereocenters. The summed E-state index contributed by atoms with van der Waals surface area (Å²) >= 11 is 0. The van der Waals surface area contributed by atoms with Crippen LogP contribution >= 0.6 is 0 Å². The normalized spacial score (nSPS) is 10.2. The Labute approximate surface area is 116 Å². The molecule has 0 bridgehead atoms. The molecule has 8 heteroatoms. The summed E-state index contributed by atoms with van der Waals surface area (Å²) in [5, 5.41) is 12.6. The third-order valence-corrected chi connectivity index (χ3v) is 2.59. The molecule has 0 aliphatic carbocycles. The van der Waals surface area contributed by atoms with Crippen molar-refractivity contribution in [1.29, 1.82) is 0 Å². The van der Waals surface area contributed by atoms with Crippen molar-refractivity contribution in [3.8, 4) is 0 Å². The second kappa shape index (κ2) is 5.61. The SMILES string of the molecule is O=C(Nc1ccc(F)c([N+](=O)[O-])c1)c1c(F)cccc1F. The van der Waals surface area contributed by atoms with E-state index in [0.29, 0.717) is 0 Å². The Morgan fingerprint density at radius 1 is 1.05 bits per heavy atom. The highest BCUT2D eigenvalue weighted by molar-refractivity contribution is 6.04. The van der Waals surface area contributed by atoms with Crippen molar-refractivity contribution in [2.45, 2.75) is 0 Å². The summed E-state index contributed by atoms with van der Waals surface area (Å²) in [6.45, 7) is 0. The van der Waals surface area contributed by atoms with Crippen molar-refractivity contribution in [1.82, 2.24) is 0 Å². The van der Waals surface area contributed by atoms with Gasteiger partial charge in [-0.25, -0.2) is 8.78 Å². The van der Waals surface area contributed by atoms with Crippen LogP contribution in [0.25, 0.3) is 0 Å². The Bertz CT molecular complexity index is 714. The van der Waals surface area contributed by atoms with Gasteiger partial charge in [-0.05, 0) is 24.3 Å². The Morgan fingerprint density at radius 3 is 2.24 bits per heavy atom. The lowest BCUT2D eigenvalue weighted by atomic mass is 10.1. The number of halogens is 3. The van der Waals surface area contributed by atoms with E-state index in [2.05, 4.69) is 5.32 Å². The number of carbonyl (C=O) groups is 1. The Morgan fingerprint density at radius 2 is 1.67 bits per heavy atom. The highest BCUT2D eigenvalue weighted by Crippen LogP contribution is 2.22. The highest BCUT2D eigenvalue weighted by Gasteiger charge is 2.19. The van der Waals surface area contributed by atoms with Crippen molar-refractivity contribution < 1.29 is 22.9 Å². The summed E-state index contributed by atoms with van der Waals surface area (Å²) in [6.07, 6.45) is 0. The predicted octanol–water partition coefficient (Wildman–Crippen LogP) is 3.26. The molecule has 0 spiro atoms. The van der Waals surface area contributed by atoms with E-state index in [9.17, 15) is 28.1 Å². The van der Waals surface area contributed by atoms with Gasteiger partial charge in [-0.15, -0.1) is 0 Å². The minimum atomic E-state index is -1.13. The fraction of sp³-hybridized carbons (Fsp3) is 0. The molecule has 108 valence electrons. The topological polar surface area (TPSA) is 72.2 Å². The van der Waals surface area contributed by atoms with Crippen LogP contribution in [0.3, 0.4) is 0 Å². The van der Waals surface area contributed by atoms with Gasteiger partial charge in [0.2, 0.25) is 5.82 Å². The van der Waals surface area contributed by atoms with Crippen LogP contribution in [-0.4, -0.2) is 10.8 Å². The Balaban J connectivity index is 2.32. The summed E-state index contributed by atoms with van der Waals surface area (Å²) < 4.78 is 39.9. The second-order valence-corrected chi connectivity index (χ2v) is 3.97.